The molecule has 2 aromatic rings. The zero-order chi connectivity index (χ0) is 24.3. The number of carbonyl (C=O) groups excluding carboxylic acids is 1. The second-order valence-corrected chi connectivity index (χ2v) is 10.1. The van der Waals surface area contributed by atoms with Gasteiger partial charge in [-0.1, -0.05) is 30.3 Å². The number of phenolic OH excluding ortho intramolecular Hbond substituents is 1. The van der Waals surface area contributed by atoms with E-state index >= 15 is 0 Å². The predicted octanol–water partition coefficient (Wildman–Crippen LogP) is 2.92. The van der Waals surface area contributed by atoms with Gasteiger partial charge in [-0.3, -0.25) is 4.79 Å². The van der Waals surface area contributed by atoms with Crippen molar-refractivity contribution in [3.05, 3.63) is 60.2 Å². The monoisotopic (exact) mass is 481 g/mol. The molecule has 1 atom stereocenters. The van der Waals surface area contributed by atoms with Crippen molar-refractivity contribution in [2.45, 2.75) is 36.4 Å². The number of nitrogens with zero attached hydrogens (tertiary/aromatic N) is 2. The molecule has 3 rings (SSSR count). The van der Waals surface area contributed by atoms with Crippen LogP contribution in [-0.4, -0.2) is 49.5 Å². The van der Waals surface area contributed by atoms with Crippen LogP contribution < -0.4 is 10.2 Å². The van der Waals surface area contributed by atoms with E-state index in [2.05, 4.69) is 5.32 Å². The third-order valence-corrected chi connectivity index (χ3v) is 6.77. The summed E-state index contributed by atoms with van der Waals surface area (Å²) in [6, 6.07) is 12.9. The summed E-state index contributed by atoms with van der Waals surface area (Å²) < 4.78 is 66.3. The number of benzene rings is 2. The maximum atomic E-state index is 13.5. The minimum Gasteiger partial charge on any atom is -0.508 e. The number of hydrogen-bond acceptors (Lipinski definition) is 6. The SMILES string of the molecule is N#CC1(NC(=O)[C@H](CS(=O)(=O)Cc2ccccc2)N(CC(F)(F)F)c2ccc(O)cc2)CC1. The lowest BCUT2D eigenvalue weighted by molar-refractivity contribution is -0.127. The lowest BCUT2D eigenvalue weighted by Gasteiger charge is -2.34. The van der Waals surface area contributed by atoms with E-state index in [0.29, 0.717) is 23.3 Å². The Morgan fingerprint density at radius 1 is 1.15 bits per heavy atom. The molecule has 1 amide bonds. The highest BCUT2D eigenvalue weighted by Crippen LogP contribution is 2.35. The fourth-order valence-corrected chi connectivity index (χ4v) is 4.99. The van der Waals surface area contributed by atoms with Gasteiger partial charge >= 0.3 is 6.18 Å². The van der Waals surface area contributed by atoms with E-state index in [-0.39, 0.29) is 11.4 Å². The molecule has 0 spiro atoms. The van der Waals surface area contributed by atoms with Crippen LogP contribution in [0, 0.1) is 11.3 Å². The van der Waals surface area contributed by atoms with Crippen LogP contribution in [0.2, 0.25) is 0 Å². The molecule has 0 radical (unpaired) electrons. The van der Waals surface area contributed by atoms with Gasteiger partial charge in [-0.15, -0.1) is 0 Å². The molecular formula is C22H22F3N3O4S. The lowest BCUT2D eigenvalue weighted by Crippen LogP contribution is -2.55. The first-order chi connectivity index (χ1) is 15.4. The van der Waals surface area contributed by atoms with Crippen LogP contribution in [-0.2, 0) is 20.4 Å². The maximum Gasteiger partial charge on any atom is 0.405 e. The summed E-state index contributed by atoms with van der Waals surface area (Å²) in [5.41, 5.74) is -0.862. The molecule has 33 heavy (non-hydrogen) atoms. The number of amides is 1. The van der Waals surface area contributed by atoms with E-state index in [9.17, 15) is 36.8 Å². The molecule has 2 aromatic carbocycles. The number of sulfone groups is 1. The van der Waals surface area contributed by atoms with Gasteiger partial charge in [0.15, 0.2) is 9.84 Å². The van der Waals surface area contributed by atoms with Crippen LogP contribution in [0.3, 0.4) is 0 Å². The third kappa shape index (κ3) is 6.86. The molecule has 2 N–H and O–H groups in total. The van der Waals surface area contributed by atoms with Crippen LogP contribution >= 0.6 is 0 Å². The second-order valence-electron chi connectivity index (χ2n) is 8.00. The number of rotatable bonds is 9. The smallest absolute Gasteiger partial charge is 0.405 e. The summed E-state index contributed by atoms with van der Waals surface area (Å²) in [7, 11) is -4.04. The standard InChI is InChI=1S/C22H22F3N3O4S/c23-22(24,25)15-28(17-6-8-18(29)9-7-17)19(20(30)27-21(14-26)10-11-21)13-33(31,32)12-16-4-2-1-3-5-16/h1-9,19,29H,10-13,15H2,(H,27,30)/t19-/m0/s1. The van der Waals surface area contributed by atoms with Crippen molar-refractivity contribution >= 4 is 21.4 Å². The zero-order valence-corrected chi connectivity index (χ0v) is 18.2. The van der Waals surface area contributed by atoms with Crippen LogP contribution in [0.25, 0.3) is 0 Å². The van der Waals surface area contributed by atoms with Crippen molar-refractivity contribution in [2.75, 3.05) is 17.2 Å². The van der Waals surface area contributed by atoms with Crippen molar-refractivity contribution in [1.29, 1.82) is 5.26 Å². The molecular weight excluding hydrogens is 459 g/mol. The highest BCUT2D eigenvalue weighted by Gasteiger charge is 2.47. The summed E-state index contributed by atoms with van der Waals surface area (Å²) in [5.74, 6) is -2.55. The predicted molar refractivity (Wildman–Crippen MR) is 115 cm³/mol. The quantitative estimate of drug-likeness (QED) is 0.570. The average molecular weight is 481 g/mol. The van der Waals surface area contributed by atoms with Gasteiger partial charge in [-0.2, -0.15) is 18.4 Å². The van der Waals surface area contributed by atoms with Crippen molar-refractivity contribution in [3.63, 3.8) is 0 Å². The number of aromatic hydroxyl groups is 1. The molecule has 1 saturated carbocycles. The first-order valence-corrected chi connectivity index (χ1v) is 11.8. The van der Waals surface area contributed by atoms with Crippen molar-refractivity contribution < 1.29 is 31.5 Å². The van der Waals surface area contributed by atoms with Crippen LogP contribution in [0.1, 0.15) is 18.4 Å². The molecule has 0 unspecified atom stereocenters. The van der Waals surface area contributed by atoms with E-state index in [4.69, 9.17) is 0 Å². The van der Waals surface area contributed by atoms with Gasteiger partial charge in [0.1, 0.15) is 23.9 Å². The number of alkyl halides is 3. The molecule has 11 heteroatoms. The normalized spacial score (nSPS) is 15.8. The number of halogens is 3. The minimum absolute atomic E-state index is 0.0954. The summed E-state index contributed by atoms with van der Waals surface area (Å²) in [6.45, 7) is -1.60. The van der Waals surface area contributed by atoms with Gasteiger partial charge < -0.3 is 15.3 Å². The molecule has 1 aliphatic rings. The van der Waals surface area contributed by atoms with Crippen LogP contribution in [0.5, 0.6) is 5.75 Å². The molecule has 1 aliphatic carbocycles. The number of anilines is 1. The summed E-state index contributed by atoms with van der Waals surface area (Å²) in [5, 5.41) is 21.2. The van der Waals surface area contributed by atoms with E-state index in [1.807, 2.05) is 6.07 Å². The topological polar surface area (TPSA) is 110 Å². The molecule has 0 aliphatic heterocycles. The third-order valence-electron chi connectivity index (χ3n) is 5.18. The van der Waals surface area contributed by atoms with E-state index in [1.54, 1.807) is 30.3 Å². The largest absolute Gasteiger partial charge is 0.508 e. The summed E-state index contributed by atoms with van der Waals surface area (Å²) in [6.07, 6.45) is -4.10. The van der Waals surface area contributed by atoms with Gasteiger partial charge in [-0.25, -0.2) is 8.42 Å². The fraction of sp³-hybridized carbons (Fsp3) is 0.364. The average Bonchev–Trinajstić information content (AvgIpc) is 3.51. The van der Waals surface area contributed by atoms with Gasteiger partial charge in [0.25, 0.3) is 0 Å². The number of phenols is 1. The Morgan fingerprint density at radius 2 is 1.76 bits per heavy atom. The van der Waals surface area contributed by atoms with Gasteiger partial charge in [0.2, 0.25) is 5.91 Å². The maximum absolute atomic E-state index is 13.5. The molecule has 0 heterocycles. The lowest BCUT2D eigenvalue weighted by atomic mass is 10.1. The van der Waals surface area contributed by atoms with Crippen LogP contribution in [0.15, 0.2) is 54.6 Å². The molecule has 7 nitrogen and oxygen atoms in total. The van der Waals surface area contributed by atoms with E-state index < -0.39 is 51.6 Å². The van der Waals surface area contributed by atoms with Crippen LogP contribution in [0.4, 0.5) is 18.9 Å². The Labute approximate surface area is 189 Å². The first-order valence-electron chi connectivity index (χ1n) is 10.0. The number of nitriles is 1. The second kappa shape index (κ2) is 9.31. The minimum atomic E-state index is -4.76. The molecule has 1 fully saturated rings. The summed E-state index contributed by atoms with van der Waals surface area (Å²) >= 11 is 0. The highest BCUT2D eigenvalue weighted by atomic mass is 32.2. The Balaban J connectivity index is 1.98. The summed E-state index contributed by atoms with van der Waals surface area (Å²) in [4.78, 5) is 13.7. The molecule has 0 saturated heterocycles. The highest BCUT2D eigenvalue weighted by molar-refractivity contribution is 7.90. The molecule has 0 aromatic heterocycles. The van der Waals surface area contributed by atoms with E-state index in [1.165, 1.54) is 12.1 Å². The van der Waals surface area contributed by atoms with Crippen molar-refractivity contribution in [1.82, 2.24) is 5.32 Å². The number of carbonyl (C=O) groups is 1. The van der Waals surface area contributed by atoms with Gasteiger partial charge in [0.05, 0.1) is 17.6 Å². The number of hydrogen-bond donors (Lipinski definition) is 2. The molecule has 0 bridgehead atoms. The molecule has 176 valence electrons. The number of nitrogens with one attached hydrogen (secondary N) is 1. The fourth-order valence-electron chi connectivity index (χ4n) is 3.36. The first kappa shape index (κ1) is 24.4. The Kier molecular flexibility index (Phi) is 6.88. The Bertz CT molecular complexity index is 1130. The Hall–Kier alpha value is -3.26. The zero-order valence-electron chi connectivity index (χ0n) is 17.4. The van der Waals surface area contributed by atoms with Gasteiger partial charge in [0, 0.05) is 5.69 Å². The van der Waals surface area contributed by atoms with E-state index in [0.717, 1.165) is 12.1 Å². The Morgan fingerprint density at radius 3 is 2.27 bits per heavy atom. The van der Waals surface area contributed by atoms with Gasteiger partial charge in [-0.05, 0) is 42.7 Å². The van der Waals surface area contributed by atoms with Crippen molar-refractivity contribution in [3.8, 4) is 11.8 Å². The van der Waals surface area contributed by atoms with Crippen molar-refractivity contribution in [2.24, 2.45) is 0 Å².